The second-order valence-corrected chi connectivity index (χ2v) is 5.19. The van der Waals surface area contributed by atoms with E-state index in [1.54, 1.807) is 6.08 Å². The summed E-state index contributed by atoms with van der Waals surface area (Å²) in [5, 5.41) is 20.0. The van der Waals surface area contributed by atoms with Crippen LogP contribution < -0.4 is 34.7 Å². The molecule has 0 saturated heterocycles. The maximum absolute atomic E-state index is 11.5. The van der Waals surface area contributed by atoms with Crippen molar-refractivity contribution in [3.63, 3.8) is 0 Å². The van der Waals surface area contributed by atoms with Crippen molar-refractivity contribution in [2.24, 2.45) is 0 Å². The summed E-state index contributed by atoms with van der Waals surface area (Å²) in [5.41, 5.74) is 0. The van der Waals surface area contributed by atoms with Gasteiger partial charge in [0.1, 0.15) is 0 Å². The number of hydrogen-bond donors (Lipinski definition) is 1. The number of unbranched alkanes of at least 4 members (excludes halogenated alkanes) is 5. The van der Waals surface area contributed by atoms with E-state index in [9.17, 15) is 9.90 Å². The fourth-order valence-electron chi connectivity index (χ4n) is 1.86. The minimum absolute atomic E-state index is 0. The summed E-state index contributed by atoms with van der Waals surface area (Å²) < 4.78 is 0. The quantitative estimate of drug-likeness (QED) is 0.241. The minimum Gasteiger partial charge on any atom is -0.875 e. The summed E-state index contributed by atoms with van der Waals surface area (Å²) >= 11 is 0. The molecule has 0 amide bonds. The van der Waals surface area contributed by atoms with Crippen LogP contribution in [0.5, 0.6) is 0 Å². The number of carboxylic acids is 1. The van der Waals surface area contributed by atoms with Gasteiger partial charge in [0.2, 0.25) is 0 Å². The summed E-state index contributed by atoms with van der Waals surface area (Å²) in [7, 11) is 0. The smallest absolute Gasteiger partial charge is 0.875 e. The molecule has 0 bridgehead atoms. The zero-order valence-corrected chi connectivity index (χ0v) is 16.2. The Morgan fingerprint density at radius 1 is 1.00 bits per heavy atom. The van der Waals surface area contributed by atoms with Gasteiger partial charge in [-0.1, -0.05) is 50.1 Å². The van der Waals surface area contributed by atoms with Crippen molar-refractivity contribution in [3.05, 3.63) is 36.1 Å². The minimum atomic E-state index is -0.744. The molecule has 22 heavy (non-hydrogen) atoms. The molecule has 0 heterocycles. The van der Waals surface area contributed by atoms with Crippen molar-refractivity contribution in [1.29, 1.82) is 0 Å². The van der Waals surface area contributed by atoms with Crippen molar-refractivity contribution in [1.82, 2.24) is 0 Å². The number of carboxylic acid groups (broad SMARTS) is 1. The van der Waals surface area contributed by atoms with Gasteiger partial charge in [0.15, 0.2) is 0 Å². The average Bonchev–Trinajstić information content (AvgIpc) is 2.45. The Kier molecular flexibility index (Phi) is 20.0. The zero-order valence-electron chi connectivity index (χ0n) is 14.2. The van der Waals surface area contributed by atoms with Crippen LogP contribution in [0.2, 0.25) is 0 Å². The molecule has 0 saturated carbocycles. The molecule has 0 aromatic heterocycles. The molecule has 0 aliphatic heterocycles. The van der Waals surface area contributed by atoms with Crippen LogP contribution >= 0.6 is 0 Å². The molecule has 0 unspecified atom stereocenters. The summed E-state index contributed by atoms with van der Waals surface area (Å²) in [4.78, 5) is 10.3. The third-order valence-electron chi connectivity index (χ3n) is 3.12. The molecule has 4 heteroatoms. The van der Waals surface area contributed by atoms with Crippen LogP contribution in [-0.4, -0.2) is 11.1 Å². The molecule has 120 valence electrons. The standard InChI is InChI=1S/C18H30O3.Na/c1-2-3-4-5-6-8-11-14-17(19)15-12-9-7-10-13-16-18(20)21;/h6,8-9,12,14,19H,2-5,7,10-11,13,15-16H2,1H3,(H,20,21);/q;+1/p-1/b8-6-,12-9-,17-14+;. The van der Waals surface area contributed by atoms with E-state index in [4.69, 9.17) is 5.11 Å². The van der Waals surface area contributed by atoms with E-state index in [0.717, 1.165) is 25.7 Å². The average molecular weight is 316 g/mol. The van der Waals surface area contributed by atoms with Crippen molar-refractivity contribution in [2.75, 3.05) is 0 Å². The maximum Gasteiger partial charge on any atom is 1.00 e. The topological polar surface area (TPSA) is 60.4 Å². The largest absolute Gasteiger partial charge is 1.00 e. The molecule has 0 spiro atoms. The monoisotopic (exact) mass is 316 g/mol. The summed E-state index contributed by atoms with van der Waals surface area (Å²) in [6.45, 7) is 2.19. The second kappa shape index (κ2) is 18.5. The van der Waals surface area contributed by atoms with Gasteiger partial charge in [0, 0.05) is 6.42 Å². The Hall–Kier alpha value is -0.510. The predicted molar refractivity (Wildman–Crippen MR) is 85.8 cm³/mol. The molecule has 0 aliphatic rings. The molecule has 0 aromatic rings. The van der Waals surface area contributed by atoms with Crippen LogP contribution in [0, 0.1) is 0 Å². The molecule has 0 aromatic carbocycles. The molecule has 1 N–H and O–H groups in total. The number of carbonyl (C=O) groups is 1. The first kappa shape index (κ1) is 23.8. The van der Waals surface area contributed by atoms with Gasteiger partial charge >= 0.3 is 35.5 Å². The van der Waals surface area contributed by atoms with Crippen LogP contribution in [-0.2, 0) is 4.79 Å². The Bertz CT molecular complexity index is 346. The maximum atomic E-state index is 11.5. The summed E-state index contributed by atoms with van der Waals surface area (Å²) in [6, 6.07) is 0. The number of aliphatic carboxylic acids is 1. The van der Waals surface area contributed by atoms with E-state index in [1.165, 1.54) is 19.3 Å². The SMILES string of the molecule is CCCCC/C=C\C/C=C(/[O-])C/C=C\CCCCC(=O)O.[Na+]. The van der Waals surface area contributed by atoms with Crippen molar-refractivity contribution >= 4 is 5.97 Å². The van der Waals surface area contributed by atoms with Gasteiger partial charge in [-0.25, -0.2) is 0 Å². The molecule has 0 fully saturated rings. The first-order chi connectivity index (χ1) is 10.2. The predicted octanol–water partition coefficient (Wildman–Crippen LogP) is 1.35. The van der Waals surface area contributed by atoms with E-state index in [2.05, 4.69) is 19.1 Å². The third-order valence-corrected chi connectivity index (χ3v) is 3.12. The van der Waals surface area contributed by atoms with Crippen LogP contribution in [0.3, 0.4) is 0 Å². The van der Waals surface area contributed by atoms with Gasteiger partial charge in [-0.05, 0) is 44.9 Å². The van der Waals surface area contributed by atoms with Crippen molar-refractivity contribution in [3.8, 4) is 0 Å². The zero-order chi connectivity index (χ0) is 15.8. The molecular formula is C18H29NaO3. The summed E-state index contributed by atoms with van der Waals surface area (Å²) in [5.74, 6) is -0.596. The van der Waals surface area contributed by atoms with Crippen molar-refractivity contribution in [2.45, 2.75) is 71.1 Å². The Balaban J connectivity index is 0. The third kappa shape index (κ3) is 19.5. The molecule has 0 rings (SSSR count). The number of hydrogen-bond acceptors (Lipinski definition) is 2. The first-order valence-corrected chi connectivity index (χ1v) is 8.04. The fourth-order valence-corrected chi connectivity index (χ4v) is 1.86. The van der Waals surface area contributed by atoms with E-state index < -0.39 is 5.97 Å². The molecule has 3 nitrogen and oxygen atoms in total. The molecule has 0 aliphatic carbocycles. The Labute approximate surface area is 157 Å². The molecular weight excluding hydrogens is 287 g/mol. The van der Waals surface area contributed by atoms with Crippen LogP contribution in [0.15, 0.2) is 36.1 Å². The van der Waals surface area contributed by atoms with E-state index in [1.807, 2.05) is 12.2 Å². The van der Waals surface area contributed by atoms with Gasteiger partial charge in [-0.2, -0.15) is 0 Å². The van der Waals surface area contributed by atoms with Gasteiger partial charge in [-0.3, -0.25) is 4.79 Å². The van der Waals surface area contributed by atoms with Gasteiger partial charge in [0.05, 0.1) is 0 Å². The molecule has 0 atom stereocenters. The fraction of sp³-hybridized carbons (Fsp3) is 0.611. The van der Waals surface area contributed by atoms with Gasteiger partial charge in [0.25, 0.3) is 0 Å². The second-order valence-electron chi connectivity index (χ2n) is 5.19. The number of allylic oxidation sites excluding steroid dienone is 5. The normalized spacial score (nSPS) is 12.0. The van der Waals surface area contributed by atoms with Gasteiger partial charge < -0.3 is 10.2 Å². The number of rotatable bonds is 13. The summed E-state index contributed by atoms with van der Waals surface area (Å²) in [6.07, 6.45) is 18.4. The molecule has 0 radical (unpaired) electrons. The van der Waals surface area contributed by atoms with Crippen molar-refractivity contribution < 1.29 is 44.6 Å². The van der Waals surface area contributed by atoms with Crippen LogP contribution in [0.25, 0.3) is 0 Å². The first-order valence-electron chi connectivity index (χ1n) is 8.04. The van der Waals surface area contributed by atoms with E-state index >= 15 is 0 Å². The van der Waals surface area contributed by atoms with Crippen LogP contribution in [0.1, 0.15) is 71.1 Å². The van der Waals surface area contributed by atoms with E-state index in [0.29, 0.717) is 12.8 Å². The Morgan fingerprint density at radius 3 is 2.27 bits per heavy atom. The van der Waals surface area contributed by atoms with Crippen LogP contribution in [0.4, 0.5) is 0 Å². The Morgan fingerprint density at radius 2 is 1.64 bits per heavy atom. The van der Waals surface area contributed by atoms with E-state index in [-0.39, 0.29) is 41.7 Å². The van der Waals surface area contributed by atoms with Gasteiger partial charge in [-0.15, -0.1) is 5.76 Å².